The highest BCUT2D eigenvalue weighted by atomic mass is 16.5. The van der Waals surface area contributed by atoms with E-state index in [0.717, 1.165) is 60.6 Å². The maximum absolute atomic E-state index is 14.9. The summed E-state index contributed by atoms with van der Waals surface area (Å²) in [6, 6.07) is 39.5. The van der Waals surface area contributed by atoms with Gasteiger partial charge in [-0.25, -0.2) is 0 Å². The molecule has 2 atom stereocenters. The van der Waals surface area contributed by atoms with Gasteiger partial charge in [-0.3, -0.25) is 9.36 Å². The lowest BCUT2D eigenvalue weighted by Gasteiger charge is -2.26. The molecular formula is C39H34N2O2. The van der Waals surface area contributed by atoms with Gasteiger partial charge < -0.3 is 9.30 Å². The molecule has 0 radical (unpaired) electrons. The van der Waals surface area contributed by atoms with Crippen LogP contribution in [0.1, 0.15) is 37.0 Å². The highest BCUT2D eigenvalue weighted by molar-refractivity contribution is 6.27. The number of rotatable bonds is 8. The van der Waals surface area contributed by atoms with Crippen LogP contribution in [0.3, 0.4) is 0 Å². The molecule has 0 fully saturated rings. The molecule has 7 aromatic rings. The van der Waals surface area contributed by atoms with E-state index in [4.69, 9.17) is 4.74 Å². The van der Waals surface area contributed by atoms with Crippen LogP contribution in [0.25, 0.3) is 55.4 Å². The van der Waals surface area contributed by atoms with Gasteiger partial charge >= 0.3 is 0 Å². The number of carbonyl (C=O) groups excluding carboxylic acids is 1. The normalized spacial score (nSPS) is 13.1. The van der Waals surface area contributed by atoms with E-state index in [2.05, 4.69) is 104 Å². The second-order valence-electron chi connectivity index (χ2n) is 11.1. The van der Waals surface area contributed by atoms with E-state index in [1.54, 1.807) is 0 Å². The number of hydrogen-bond acceptors (Lipinski definition) is 2. The number of aromatic nitrogens is 2. The van der Waals surface area contributed by atoms with Crippen molar-refractivity contribution in [3.05, 3.63) is 127 Å². The van der Waals surface area contributed by atoms with Crippen LogP contribution < -0.4 is 4.74 Å². The molecule has 2 aromatic heterocycles. The van der Waals surface area contributed by atoms with Crippen molar-refractivity contribution < 1.29 is 9.53 Å². The highest BCUT2D eigenvalue weighted by Crippen LogP contribution is 2.41. The molecule has 0 N–H and O–H groups in total. The van der Waals surface area contributed by atoms with Crippen molar-refractivity contribution in [3.63, 3.8) is 0 Å². The van der Waals surface area contributed by atoms with Crippen molar-refractivity contribution in [2.45, 2.75) is 32.8 Å². The Morgan fingerprint density at radius 3 is 2.09 bits per heavy atom. The fourth-order valence-electron chi connectivity index (χ4n) is 6.66. The SMILES string of the molecule is C=Cc1ccc(OC(CC)C(CC)C(=O)n2c3ccccc3c3ccc4c(c5ccccc5n4-c4ccccc4)c32)cc1. The van der Waals surface area contributed by atoms with Crippen LogP contribution in [0.15, 0.2) is 122 Å². The van der Waals surface area contributed by atoms with E-state index in [9.17, 15) is 4.79 Å². The Balaban J connectivity index is 1.47. The zero-order chi connectivity index (χ0) is 29.5. The molecule has 4 nitrogen and oxygen atoms in total. The number of benzene rings is 5. The van der Waals surface area contributed by atoms with Crippen LogP contribution in [-0.4, -0.2) is 21.1 Å². The molecule has 5 aromatic carbocycles. The summed E-state index contributed by atoms with van der Waals surface area (Å²) in [6.07, 6.45) is 2.93. The molecule has 0 aliphatic carbocycles. The fourth-order valence-corrected chi connectivity index (χ4v) is 6.66. The minimum absolute atomic E-state index is 0.0623. The number of ether oxygens (including phenoxy) is 1. The van der Waals surface area contributed by atoms with Crippen LogP contribution in [0, 0.1) is 5.92 Å². The molecule has 0 amide bonds. The lowest BCUT2D eigenvalue weighted by molar-refractivity contribution is 0.0650. The molecule has 0 spiro atoms. The Kier molecular flexibility index (Phi) is 6.83. The van der Waals surface area contributed by atoms with Gasteiger partial charge in [0.2, 0.25) is 5.91 Å². The first-order valence-electron chi connectivity index (χ1n) is 15.1. The van der Waals surface area contributed by atoms with Gasteiger partial charge in [0.25, 0.3) is 0 Å². The van der Waals surface area contributed by atoms with Crippen LogP contribution >= 0.6 is 0 Å². The Morgan fingerprint density at radius 2 is 1.40 bits per heavy atom. The summed E-state index contributed by atoms with van der Waals surface area (Å²) >= 11 is 0. The third-order valence-corrected chi connectivity index (χ3v) is 8.72. The van der Waals surface area contributed by atoms with Crippen molar-refractivity contribution in [3.8, 4) is 11.4 Å². The lowest BCUT2D eigenvalue weighted by atomic mass is 9.95. The first-order chi connectivity index (χ1) is 21.1. The van der Waals surface area contributed by atoms with E-state index < -0.39 is 0 Å². The van der Waals surface area contributed by atoms with E-state index in [1.807, 2.05) is 47.0 Å². The van der Waals surface area contributed by atoms with Gasteiger partial charge in [-0.05, 0) is 60.9 Å². The number of para-hydroxylation sites is 3. The summed E-state index contributed by atoms with van der Waals surface area (Å²) in [5.74, 6) is 0.493. The van der Waals surface area contributed by atoms with E-state index in [1.165, 1.54) is 0 Å². The molecule has 4 heteroatoms. The Hall–Kier alpha value is -5.09. The first-order valence-corrected chi connectivity index (χ1v) is 15.1. The standard InChI is InChI=1S/C39H34N2O2/c1-4-26-20-22-28(23-21-26)43-36(6-3)29(5-2)39(42)41-33-18-12-10-16-30(33)31-24-25-35-37(38(31)41)32-17-11-13-19-34(32)40(35)27-14-8-7-9-15-27/h4,7-25,29,36H,1,5-6H2,2-3H3. The number of nitrogens with zero attached hydrogens (tertiary/aromatic N) is 2. The minimum atomic E-state index is -0.333. The minimum Gasteiger partial charge on any atom is -0.490 e. The summed E-state index contributed by atoms with van der Waals surface area (Å²) in [7, 11) is 0. The van der Waals surface area contributed by atoms with E-state index in [0.29, 0.717) is 12.8 Å². The van der Waals surface area contributed by atoms with Gasteiger partial charge in [-0.2, -0.15) is 0 Å². The molecule has 2 unspecified atom stereocenters. The number of hydrogen-bond donors (Lipinski definition) is 0. The molecule has 212 valence electrons. The summed E-state index contributed by atoms with van der Waals surface area (Å²) in [5, 5.41) is 4.37. The van der Waals surface area contributed by atoms with Gasteiger partial charge in [-0.1, -0.05) is 99.3 Å². The van der Waals surface area contributed by atoms with E-state index in [-0.39, 0.29) is 17.9 Å². The molecule has 2 heterocycles. The van der Waals surface area contributed by atoms with Crippen LogP contribution in [0.2, 0.25) is 0 Å². The fraction of sp³-hybridized carbons (Fsp3) is 0.154. The maximum Gasteiger partial charge on any atom is 0.238 e. The first kappa shape index (κ1) is 26.8. The van der Waals surface area contributed by atoms with Gasteiger partial charge in [0.05, 0.1) is 28.0 Å². The second kappa shape index (κ2) is 11.0. The zero-order valence-corrected chi connectivity index (χ0v) is 24.5. The smallest absolute Gasteiger partial charge is 0.238 e. The topological polar surface area (TPSA) is 36.2 Å². The van der Waals surface area contributed by atoms with Crippen molar-refractivity contribution >= 4 is 55.6 Å². The summed E-state index contributed by atoms with van der Waals surface area (Å²) in [6.45, 7) is 8.03. The van der Waals surface area contributed by atoms with Crippen molar-refractivity contribution in [2.75, 3.05) is 0 Å². The molecule has 0 aliphatic rings. The summed E-state index contributed by atoms with van der Waals surface area (Å²) in [5.41, 5.74) is 6.21. The van der Waals surface area contributed by atoms with Gasteiger partial charge in [0.1, 0.15) is 11.9 Å². The second-order valence-corrected chi connectivity index (χ2v) is 11.1. The Labute approximate surface area is 251 Å². The van der Waals surface area contributed by atoms with Gasteiger partial charge in [0.15, 0.2) is 0 Å². The van der Waals surface area contributed by atoms with Crippen LogP contribution in [-0.2, 0) is 0 Å². The molecule has 0 aliphatic heterocycles. The lowest BCUT2D eigenvalue weighted by Crippen LogP contribution is -2.35. The third-order valence-electron chi connectivity index (χ3n) is 8.72. The van der Waals surface area contributed by atoms with Crippen molar-refractivity contribution in [1.82, 2.24) is 9.13 Å². The predicted octanol–water partition coefficient (Wildman–Crippen LogP) is 10.1. The Morgan fingerprint density at radius 1 is 0.721 bits per heavy atom. The average Bonchev–Trinajstić information content (AvgIpc) is 3.58. The largest absolute Gasteiger partial charge is 0.490 e. The predicted molar refractivity (Wildman–Crippen MR) is 179 cm³/mol. The zero-order valence-electron chi connectivity index (χ0n) is 24.5. The highest BCUT2D eigenvalue weighted by Gasteiger charge is 2.32. The van der Waals surface area contributed by atoms with E-state index >= 15 is 0 Å². The van der Waals surface area contributed by atoms with Crippen LogP contribution in [0.4, 0.5) is 0 Å². The quantitative estimate of drug-likeness (QED) is 0.185. The Bertz CT molecular complexity index is 2120. The molecular weight excluding hydrogens is 528 g/mol. The molecule has 0 bridgehead atoms. The average molecular weight is 563 g/mol. The van der Waals surface area contributed by atoms with Crippen LogP contribution in [0.5, 0.6) is 5.75 Å². The monoisotopic (exact) mass is 562 g/mol. The summed E-state index contributed by atoms with van der Waals surface area (Å²) < 4.78 is 10.8. The third kappa shape index (κ3) is 4.33. The summed E-state index contributed by atoms with van der Waals surface area (Å²) in [4.78, 5) is 14.9. The molecule has 0 saturated heterocycles. The van der Waals surface area contributed by atoms with Crippen molar-refractivity contribution in [1.29, 1.82) is 0 Å². The van der Waals surface area contributed by atoms with Gasteiger partial charge in [-0.15, -0.1) is 0 Å². The number of fused-ring (bicyclic) bond motifs is 7. The molecule has 43 heavy (non-hydrogen) atoms. The molecule has 0 saturated carbocycles. The van der Waals surface area contributed by atoms with Gasteiger partial charge in [0, 0.05) is 27.2 Å². The van der Waals surface area contributed by atoms with Crippen molar-refractivity contribution in [2.24, 2.45) is 5.92 Å². The number of carbonyl (C=O) groups is 1. The maximum atomic E-state index is 14.9. The molecule has 7 rings (SSSR count).